The summed E-state index contributed by atoms with van der Waals surface area (Å²) in [7, 11) is -4.40. The van der Waals surface area contributed by atoms with E-state index >= 15 is 0 Å². The summed E-state index contributed by atoms with van der Waals surface area (Å²) < 4.78 is 45.0. The number of carbonyl (C=O) groups excluding carboxylic acids is 2. The van der Waals surface area contributed by atoms with Crippen molar-refractivity contribution in [2.24, 2.45) is 5.73 Å². The Bertz CT molecular complexity index is 1370. The number of rotatable bonds is 33. The molecule has 0 saturated heterocycles. The van der Waals surface area contributed by atoms with Gasteiger partial charge >= 0.3 is 19.8 Å². The Kier molecular flexibility index (Phi) is 24.8. The van der Waals surface area contributed by atoms with Crippen molar-refractivity contribution in [2.45, 2.75) is 182 Å². The Morgan fingerprint density at radius 1 is 0.685 bits per heavy atom. The van der Waals surface area contributed by atoms with Crippen LogP contribution in [-0.2, 0) is 58.4 Å². The topological polar surface area (TPSA) is 161 Å². The average Bonchev–Trinajstić information content (AvgIpc) is 3.63. The number of hydrogen-bond donors (Lipinski definition) is 2. The largest absolute Gasteiger partial charge is 0.472 e. The van der Waals surface area contributed by atoms with E-state index in [0.717, 1.165) is 119 Å². The minimum Gasteiger partial charge on any atom is -0.466 e. The Hall–Kier alpha value is -2.43. The van der Waals surface area contributed by atoms with Crippen LogP contribution in [0, 0.1) is 20.8 Å². The first-order valence-electron chi connectivity index (χ1n) is 20.8. The van der Waals surface area contributed by atoms with Gasteiger partial charge in [0.1, 0.15) is 29.6 Å². The zero-order chi connectivity index (χ0) is 39.6. The predicted molar refractivity (Wildman–Crippen MR) is 213 cm³/mol. The molecule has 2 rings (SSSR count). The molecule has 0 bridgehead atoms. The minimum absolute atomic E-state index is 0.0396. The van der Waals surface area contributed by atoms with Crippen molar-refractivity contribution < 1.29 is 46.4 Å². The number of phosphoric acid groups is 1. The van der Waals surface area contributed by atoms with Crippen molar-refractivity contribution in [1.29, 1.82) is 0 Å². The molecule has 0 aliphatic rings. The quantitative estimate of drug-likeness (QED) is 0.0403. The second kappa shape index (κ2) is 28.0. The molecule has 0 aromatic carbocycles. The molecule has 0 amide bonds. The molecule has 0 saturated carbocycles. The smallest absolute Gasteiger partial charge is 0.466 e. The van der Waals surface area contributed by atoms with Gasteiger partial charge in [0.25, 0.3) is 0 Å². The number of esters is 2. The van der Waals surface area contributed by atoms with Crippen molar-refractivity contribution in [1.82, 2.24) is 0 Å². The van der Waals surface area contributed by atoms with Gasteiger partial charge in [0.2, 0.25) is 0 Å². The maximum absolute atomic E-state index is 12.6. The van der Waals surface area contributed by atoms with E-state index in [1.54, 1.807) is 0 Å². The molecule has 2 atom stereocenters. The second-order valence-electron chi connectivity index (χ2n) is 14.6. The van der Waals surface area contributed by atoms with Crippen LogP contribution in [0.2, 0.25) is 0 Å². The normalized spacial score (nSPS) is 13.2. The molecule has 310 valence electrons. The molecule has 1 unspecified atom stereocenters. The summed E-state index contributed by atoms with van der Waals surface area (Å²) in [5.74, 6) is 3.55. The van der Waals surface area contributed by atoms with E-state index in [0.29, 0.717) is 12.8 Å². The highest BCUT2D eigenvalue weighted by molar-refractivity contribution is 7.47. The summed E-state index contributed by atoms with van der Waals surface area (Å²) in [4.78, 5) is 35.0. The second-order valence-corrected chi connectivity index (χ2v) is 16.1. The lowest BCUT2D eigenvalue weighted by molar-refractivity contribution is -0.161. The lowest BCUT2D eigenvalue weighted by Gasteiger charge is -2.19. The fourth-order valence-electron chi connectivity index (χ4n) is 6.46. The van der Waals surface area contributed by atoms with Crippen LogP contribution < -0.4 is 5.73 Å². The number of hydrogen-bond acceptors (Lipinski definition) is 10. The molecule has 2 heterocycles. The average molecular weight is 782 g/mol. The molecular weight excluding hydrogens is 709 g/mol. The van der Waals surface area contributed by atoms with E-state index in [1.165, 1.54) is 36.0 Å². The van der Waals surface area contributed by atoms with Crippen LogP contribution in [0.25, 0.3) is 0 Å². The van der Waals surface area contributed by atoms with Crippen LogP contribution in [0.15, 0.2) is 14.9 Å². The van der Waals surface area contributed by atoms with Gasteiger partial charge in [-0.3, -0.25) is 18.6 Å². The summed E-state index contributed by atoms with van der Waals surface area (Å²) in [6, 6.07) is 2.18. The summed E-state index contributed by atoms with van der Waals surface area (Å²) in [6.45, 7) is 9.93. The Labute approximate surface area is 325 Å². The molecule has 2 aromatic heterocycles. The van der Waals surface area contributed by atoms with Crippen molar-refractivity contribution >= 4 is 19.8 Å². The molecule has 12 heteroatoms. The maximum Gasteiger partial charge on any atom is 0.472 e. The third kappa shape index (κ3) is 20.5. The van der Waals surface area contributed by atoms with E-state index in [9.17, 15) is 19.0 Å². The predicted octanol–water partition coefficient (Wildman–Crippen LogP) is 10.3. The van der Waals surface area contributed by atoms with Crippen LogP contribution in [0.1, 0.15) is 169 Å². The first-order chi connectivity index (χ1) is 26.0. The van der Waals surface area contributed by atoms with Gasteiger partial charge in [-0.05, 0) is 82.1 Å². The Balaban J connectivity index is 1.63. The number of furan rings is 2. The third-order valence-corrected chi connectivity index (χ3v) is 10.8. The van der Waals surface area contributed by atoms with Gasteiger partial charge < -0.3 is 28.9 Å². The van der Waals surface area contributed by atoms with Gasteiger partial charge in [0.05, 0.1) is 13.2 Å². The number of unbranched alkanes of at least 4 members (excludes halogenated alkanes) is 12. The standard InChI is InChI=1S/C42H72NO10P/c1-6-8-17-23-36-30-33(3)38(51-36)24-18-13-9-12-16-21-27-42(45)52-37(32-50-54(46,47)49-29-28-43)31-48-41(44)26-20-15-11-10-14-19-25-40-35(5)34(4)39(53-40)22-7-2/h30,37H,6-29,31-32,43H2,1-5H3,(H,46,47)/t37-/m1/s1. The monoisotopic (exact) mass is 781 g/mol. The van der Waals surface area contributed by atoms with Gasteiger partial charge in [-0.2, -0.15) is 0 Å². The van der Waals surface area contributed by atoms with E-state index < -0.39 is 32.5 Å². The van der Waals surface area contributed by atoms with E-state index in [4.69, 9.17) is 33.1 Å². The Morgan fingerprint density at radius 3 is 1.85 bits per heavy atom. The zero-order valence-corrected chi connectivity index (χ0v) is 35.1. The van der Waals surface area contributed by atoms with E-state index in [-0.39, 0.29) is 32.6 Å². The van der Waals surface area contributed by atoms with Gasteiger partial charge in [-0.25, -0.2) is 4.57 Å². The summed E-state index contributed by atoms with van der Waals surface area (Å²) in [6.07, 6.45) is 19.7. The minimum atomic E-state index is -4.40. The Morgan fingerprint density at radius 2 is 1.24 bits per heavy atom. The lowest BCUT2D eigenvalue weighted by Crippen LogP contribution is -2.29. The van der Waals surface area contributed by atoms with E-state index in [2.05, 4.69) is 40.7 Å². The first-order valence-corrected chi connectivity index (χ1v) is 22.3. The van der Waals surface area contributed by atoms with Crippen molar-refractivity contribution in [3.8, 4) is 0 Å². The first kappa shape index (κ1) is 47.7. The summed E-state index contributed by atoms with van der Waals surface area (Å²) >= 11 is 0. The summed E-state index contributed by atoms with van der Waals surface area (Å²) in [5, 5.41) is 0. The number of phosphoric ester groups is 1. The van der Waals surface area contributed by atoms with Crippen LogP contribution in [0.5, 0.6) is 0 Å². The molecule has 0 spiro atoms. The van der Waals surface area contributed by atoms with Crippen LogP contribution in [0.3, 0.4) is 0 Å². The van der Waals surface area contributed by atoms with E-state index in [1.807, 2.05) is 0 Å². The van der Waals surface area contributed by atoms with Gasteiger partial charge in [0, 0.05) is 45.1 Å². The van der Waals surface area contributed by atoms with Gasteiger partial charge in [0.15, 0.2) is 6.10 Å². The maximum atomic E-state index is 12.6. The number of ether oxygens (including phenoxy) is 2. The van der Waals surface area contributed by atoms with Crippen molar-refractivity contribution in [2.75, 3.05) is 26.4 Å². The zero-order valence-electron chi connectivity index (χ0n) is 34.2. The lowest BCUT2D eigenvalue weighted by atomic mass is 10.0. The third-order valence-electron chi connectivity index (χ3n) is 9.81. The molecule has 2 aromatic rings. The van der Waals surface area contributed by atoms with Gasteiger partial charge in [-0.15, -0.1) is 0 Å². The molecular formula is C42H72NO10P. The molecule has 0 aliphatic carbocycles. The molecule has 0 radical (unpaired) electrons. The fourth-order valence-corrected chi connectivity index (χ4v) is 7.23. The van der Waals surface area contributed by atoms with Gasteiger partial charge in [-0.1, -0.05) is 78.1 Å². The van der Waals surface area contributed by atoms with Crippen LogP contribution >= 0.6 is 7.82 Å². The molecule has 11 nitrogen and oxygen atoms in total. The number of nitrogens with two attached hydrogens (primary N) is 1. The molecule has 3 N–H and O–H groups in total. The SMILES string of the molecule is CCCCCc1cc(C)c(CCCCCCCCC(=O)O[C@H](COC(=O)CCCCCCCCc2oc(CCC)c(C)c2C)COP(=O)(O)OCCN)o1. The molecule has 0 fully saturated rings. The molecule has 54 heavy (non-hydrogen) atoms. The highest BCUT2D eigenvalue weighted by atomic mass is 31.2. The van der Waals surface area contributed by atoms with Crippen molar-refractivity contribution in [3.63, 3.8) is 0 Å². The molecule has 0 aliphatic heterocycles. The van der Waals surface area contributed by atoms with Crippen LogP contribution in [-0.4, -0.2) is 49.3 Å². The fraction of sp³-hybridized carbons (Fsp3) is 0.762. The summed E-state index contributed by atoms with van der Waals surface area (Å²) in [5.41, 5.74) is 9.17. The number of aryl methyl sites for hydroxylation is 5. The number of carbonyl (C=O) groups is 2. The van der Waals surface area contributed by atoms with Crippen LogP contribution in [0.4, 0.5) is 0 Å². The van der Waals surface area contributed by atoms with Crippen molar-refractivity contribution in [3.05, 3.63) is 45.8 Å². The highest BCUT2D eigenvalue weighted by Gasteiger charge is 2.26. The highest BCUT2D eigenvalue weighted by Crippen LogP contribution is 2.43.